The minimum Gasteiger partial charge on any atom is -0.469 e. The van der Waals surface area contributed by atoms with Crippen LogP contribution in [0.4, 0.5) is 5.69 Å². The van der Waals surface area contributed by atoms with Gasteiger partial charge in [0, 0.05) is 31.9 Å². The third-order valence-electron chi connectivity index (χ3n) is 4.95. The first-order valence-corrected chi connectivity index (χ1v) is 8.85. The summed E-state index contributed by atoms with van der Waals surface area (Å²) in [5, 5.41) is 0. The molecule has 2 saturated heterocycles. The molecule has 2 aliphatic rings. The summed E-state index contributed by atoms with van der Waals surface area (Å²) in [6.45, 7) is 8.72. The predicted molar refractivity (Wildman–Crippen MR) is 94.1 cm³/mol. The summed E-state index contributed by atoms with van der Waals surface area (Å²) in [7, 11) is 1.47. The number of nitrogens with zero attached hydrogens (tertiary/aromatic N) is 2. The van der Waals surface area contributed by atoms with Gasteiger partial charge in [0.25, 0.3) is 0 Å². The van der Waals surface area contributed by atoms with Crippen LogP contribution in [-0.2, 0) is 20.8 Å². The number of anilines is 1. The Morgan fingerprint density at radius 1 is 1.21 bits per heavy atom. The number of likely N-dealkylation sites (tertiary alicyclic amines) is 1. The van der Waals surface area contributed by atoms with Gasteiger partial charge in [-0.1, -0.05) is 18.2 Å². The molecule has 132 valence electrons. The fourth-order valence-electron chi connectivity index (χ4n) is 3.90. The number of ether oxygens (including phenoxy) is 2. The Balaban J connectivity index is 1.70. The quantitative estimate of drug-likeness (QED) is 0.792. The molecule has 3 atom stereocenters. The van der Waals surface area contributed by atoms with Crippen LogP contribution in [0.25, 0.3) is 0 Å². The number of para-hydroxylation sites is 1. The lowest BCUT2D eigenvalue weighted by molar-refractivity contribution is -0.144. The second kappa shape index (κ2) is 7.53. The number of carbonyl (C=O) groups excluding carboxylic acids is 1. The fourth-order valence-corrected chi connectivity index (χ4v) is 3.90. The molecule has 2 aliphatic heterocycles. The third-order valence-corrected chi connectivity index (χ3v) is 4.95. The zero-order valence-electron chi connectivity index (χ0n) is 14.9. The molecular formula is C19H28N2O3. The van der Waals surface area contributed by atoms with E-state index in [2.05, 4.69) is 47.9 Å². The monoisotopic (exact) mass is 332 g/mol. The summed E-state index contributed by atoms with van der Waals surface area (Å²) in [5.41, 5.74) is 2.62. The highest BCUT2D eigenvalue weighted by atomic mass is 16.5. The summed E-state index contributed by atoms with van der Waals surface area (Å²) < 4.78 is 10.7. The first-order chi connectivity index (χ1) is 11.6. The molecule has 5 nitrogen and oxygen atoms in total. The van der Waals surface area contributed by atoms with E-state index in [9.17, 15) is 4.79 Å². The largest absolute Gasteiger partial charge is 0.469 e. The Kier molecular flexibility index (Phi) is 5.41. The highest BCUT2D eigenvalue weighted by Crippen LogP contribution is 2.27. The second-order valence-corrected chi connectivity index (χ2v) is 7.03. The van der Waals surface area contributed by atoms with Crippen LogP contribution >= 0.6 is 0 Å². The van der Waals surface area contributed by atoms with E-state index in [0.717, 1.165) is 39.1 Å². The molecule has 0 bridgehead atoms. The lowest BCUT2D eigenvalue weighted by atomic mass is 10.1. The van der Waals surface area contributed by atoms with Crippen LogP contribution in [-0.4, -0.2) is 56.4 Å². The average Bonchev–Trinajstić information content (AvgIpc) is 3.02. The van der Waals surface area contributed by atoms with Gasteiger partial charge in [-0.15, -0.1) is 0 Å². The Morgan fingerprint density at radius 3 is 2.62 bits per heavy atom. The van der Waals surface area contributed by atoms with Crippen LogP contribution < -0.4 is 4.90 Å². The third kappa shape index (κ3) is 3.90. The molecule has 0 radical (unpaired) electrons. The van der Waals surface area contributed by atoms with Gasteiger partial charge in [0.1, 0.15) is 0 Å². The minimum atomic E-state index is -0.0818. The van der Waals surface area contributed by atoms with E-state index < -0.39 is 0 Å². The van der Waals surface area contributed by atoms with Crippen LogP contribution in [0.15, 0.2) is 24.3 Å². The Hall–Kier alpha value is -1.59. The molecule has 2 fully saturated rings. The molecule has 3 unspecified atom stereocenters. The van der Waals surface area contributed by atoms with Crippen molar-refractivity contribution in [1.29, 1.82) is 0 Å². The SMILES string of the molecule is COC(=O)C1CCN(Cc2ccccc2N2CC(C)OC(C)C2)C1. The van der Waals surface area contributed by atoms with Crippen molar-refractivity contribution in [2.45, 2.75) is 39.0 Å². The van der Waals surface area contributed by atoms with Crippen molar-refractivity contribution in [3.05, 3.63) is 29.8 Å². The van der Waals surface area contributed by atoms with Gasteiger partial charge in [-0.2, -0.15) is 0 Å². The molecule has 3 rings (SSSR count). The number of rotatable bonds is 4. The summed E-state index contributed by atoms with van der Waals surface area (Å²) in [6.07, 6.45) is 1.38. The van der Waals surface area contributed by atoms with Crippen LogP contribution in [0.1, 0.15) is 25.8 Å². The van der Waals surface area contributed by atoms with Crippen LogP contribution in [0.2, 0.25) is 0 Å². The maximum Gasteiger partial charge on any atom is 0.310 e. The molecule has 1 aromatic rings. The molecule has 0 aliphatic carbocycles. The van der Waals surface area contributed by atoms with Gasteiger partial charge in [-0.25, -0.2) is 0 Å². The average molecular weight is 332 g/mol. The summed E-state index contributed by atoms with van der Waals surface area (Å²) >= 11 is 0. The van der Waals surface area contributed by atoms with Gasteiger partial charge in [0.2, 0.25) is 0 Å². The van der Waals surface area contributed by atoms with Crippen molar-refractivity contribution in [3.63, 3.8) is 0 Å². The van der Waals surface area contributed by atoms with Crippen LogP contribution in [0.3, 0.4) is 0 Å². The molecule has 0 spiro atoms. The maximum absolute atomic E-state index is 11.7. The molecule has 0 N–H and O–H groups in total. The summed E-state index contributed by atoms with van der Waals surface area (Å²) in [5.74, 6) is -0.0628. The van der Waals surface area contributed by atoms with Crippen molar-refractivity contribution in [1.82, 2.24) is 4.90 Å². The summed E-state index contributed by atoms with van der Waals surface area (Å²) in [6, 6.07) is 8.60. The number of morpholine rings is 1. The Morgan fingerprint density at radius 2 is 1.92 bits per heavy atom. The molecular weight excluding hydrogens is 304 g/mol. The van der Waals surface area contributed by atoms with E-state index in [4.69, 9.17) is 9.47 Å². The topological polar surface area (TPSA) is 42.0 Å². The zero-order valence-corrected chi connectivity index (χ0v) is 14.9. The van der Waals surface area contributed by atoms with Crippen molar-refractivity contribution in [2.75, 3.05) is 38.2 Å². The van der Waals surface area contributed by atoms with E-state index in [-0.39, 0.29) is 24.1 Å². The van der Waals surface area contributed by atoms with Crippen LogP contribution in [0.5, 0.6) is 0 Å². The van der Waals surface area contributed by atoms with Gasteiger partial charge in [-0.3, -0.25) is 9.69 Å². The van der Waals surface area contributed by atoms with Gasteiger partial charge in [0.15, 0.2) is 0 Å². The molecule has 1 aromatic carbocycles. The standard InChI is InChI=1S/C19H28N2O3/c1-14-10-21(11-15(2)24-14)18-7-5-4-6-16(18)12-20-9-8-17(13-20)19(22)23-3/h4-7,14-15,17H,8-13H2,1-3H3. The molecule has 0 amide bonds. The molecule has 0 saturated carbocycles. The Labute approximate surface area is 144 Å². The van der Waals surface area contributed by atoms with E-state index in [1.165, 1.54) is 18.4 Å². The molecule has 5 heteroatoms. The molecule has 24 heavy (non-hydrogen) atoms. The van der Waals surface area contributed by atoms with E-state index in [1.54, 1.807) is 0 Å². The highest BCUT2D eigenvalue weighted by molar-refractivity contribution is 5.72. The van der Waals surface area contributed by atoms with Crippen molar-refractivity contribution < 1.29 is 14.3 Å². The second-order valence-electron chi connectivity index (χ2n) is 7.03. The van der Waals surface area contributed by atoms with Crippen LogP contribution in [0, 0.1) is 5.92 Å². The number of methoxy groups -OCH3 is 1. The summed E-state index contributed by atoms with van der Waals surface area (Å²) in [4.78, 5) is 16.5. The predicted octanol–water partition coefficient (Wildman–Crippen LogP) is 2.30. The fraction of sp³-hybridized carbons (Fsp3) is 0.632. The first-order valence-electron chi connectivity index (χ1n) is 8.85. The van der Waals surface area contributed by atoms with E-state index in [0.29, 0.717) is 0 Å². The van der Waals surface area contributed by atoms with E-state index >= 15 is 0 Å². The van der Waals surface area contributed by atoms with Gasteiger partial charge < -0.3 is 14.4 Å². The van der Waals surface area contributed by atoms with Gasteiger partial charge in [-0.05, 0) is 38.4 Å². The number of benzene rings is 1. The van der Waals surface area contributed by atoms with Crippen molar-refractivity contribution in [2.24, 2.45) is 5.92 Å². The Bertz CT molecular complexity index is 567. The molecule has 0 aromatic heterocycles. The highest BCUT2D eigenvalue weighted by Gasteiger charge is 2.30. The van der Waals surface area contributed by atoms with Crippen molar-refractivity contribution in [3.8, 4) is 0 Å². The van der Waals surface area contributed by atoms with Crippen molar-refractivity contribution >= 4 is 11.7 Å². The zero-order chi connectivity index (χ0) is 17.1. The molecule has 2 heterocycles. The minimum absolute atomic E-state index is 0.0191. The number of esters is 1. The van der Waals surface area contributed by atoms with Gasteiger partial charge in [0.05, 0.1) is 25.2 Å². The lowest BCUT2D eigenvalue weighted by Crippen LogP contribution is -2.46. The van der Waals surface area contributed by atoms with Gasteiger partial charge >= 0.3 is 5.97 Å². The number of hydrogen-bond donors (Lipinski definition) is 0. The normalized spacial score (nSPS) is 28.1. The number of carbonyl (C=O) groups is 1. The first kappa shape index (κ1) is 17.2. The smallest absolute Gasteiger partial charge is 0.310 e. The van der Waals surface area contributed by atoms with E-state index in [1.807, 2.05) is 0 Å². The number of hydrogen-bond acceptors (Lipinski definition) is 5. The lowest BCUT2D eigenvalue weighted by Gasteiger charge is -2.38. The maximum atomic E-state index is 11.7.